The first-order valence-corrected chi connectivity index (χ1v) is 5.95. The lowest BCUT2D eigenvalue weighted by Crippen LogP contribution is -2.21. The van der Waals surface area contributed by atoms with E-state index in [9.17, 15) is 4.79 Å². The van der Waals surface area contributed by atoms with Gasteiger partial charge in [-0.25, -0.2) is 9.48 Å². The number of ether oxygens (including phenoxy) is 1. The Kier molecular flexibility index (Phi) is 2.79. The summed E-state index contributed by atoms with van der Waals surface area (Å²) in [6.45, 7) is 0.428. The van der Waals surface area contributed by atoms with Crippen LogP contribution in [0.1, 0.15) is 5.56 Å². The third-order valence-electron chi connectivity index (χ3n) is 2.95. The summed E-state index contributed by atoms with van der Waals surface area (Å²) >= 11 is 0. The molecular weight excluding hydrogens is 242 g/mol. The molecule has 2 aromatic heterocycles. The fourth-order valence-electron chi connectivity index (χ4n) is 2.01. The molecule has 0 bridgehead atoms. The molecule has 0 radical (unpaired) electrons. The maximum atomic E-state index is 12.1. The molecule has 5 heteroatoms. The highest BCUT2D eigenvalue weighted by molar-refractivity contribution is 5.36. The van der Waals surface area contributed by atoms with Crippen molar-refractivity contribution in [1.29, 1.82) is 0 Å². The molecule has 2 heterocycles. The second-order valence-corrected chi connectivity index (χ2v) is 4.22. The van der Waals surface area contributed by atoms with E-state index in [1.807, 2.05) is 42.5 Å². The van der Waals surface area contributed by atoms with Crippen LogP contribution < -0.4 is 10.4 Å². The predicted octanol–water partition coefficient (Wildman–Crippen LogP) is 1.55. The van der Waals surface area contributed by atoms with Gasteiger partial charge in [0.15, 0.2) is 5.65 Å². The quantitative estimate of drug-likeness (QED) is 0.713. The van der Waals surface area contributed by atoms with Crippen molar-refractivity contribution in [1.82, 2.24) is 14.2 Å². The predicted molar refractivity (Wildman–Crippen MR) is 71.5 cm³/mol. The number of methoxy groups -OCH3 is 1. The SMILES string of the molecule is COc1cccc(Cn2nc3ccccn3c2=O)c1. The van der Waals surface area contributed by atoms with Crippen molar-refractivity contribution in [2.45, 2.75) is 6.54 Å². The van der Waals surface area contributed by atoms with Gasteiger partial charge in [-0.3, -0.25) is 4.40 Å². The Morgan fingerprint density at radius 2 is 2.11 bits per heavy atom. The molecule has 0 amide bonds. The summed E-state index contributed by atoms with van der Waals surface area (Å²) in [4.78, 5) is 12.1. The molecule has 0 aliphatic rings. The van der Waals surface area contributed by atoms with Gasteiger partial charge in [0.1, 0.15) is 5.75 Å². The van der Waals surface area contributed by atoms with Crippen molar-refractivity contribution in [3.05, 3.63) is 64.7 Å². The van der Waals surface area contributed by atoms with E-state index in [-0.39, 0.29) is 5.69 Å². The summed E-state index contributed by atoms with van der Waals surface area (Å²) in [7, 11) is 1.62. The van der Waals surface area contributed by atoms with Gasteiger partial charge >= 0.3 is 5.69 Å². The minimum absolute atomic E-state index is 0.140. The topological polar surface area (TPSA) is 48.5 Å². The Balaban J connectivity index is 2.01. The molecule has 0 N–H and O–H groups in total. The molecule has 5 nitrogen and oxygen atoms in total. The summed E-state index contributed by atoms with van der Waals surface area (Å²) in [5.41, 5.74) is 1.48. The molecule has 0 saturated carbocycles. The third-order valence-corrected chi connectivity index (χ3v) is 2.95. The lowest BCUT2D eigenvalue weighted by Gasteiger charge is -2.03. The van der Waals surface area contributed by atoms with Crippen molar-refractivity contribution in [2.24, 2.45) is 0 Å². The molecule has 0 spiro atoms. The number of pyridine rings is 1. The molecule has 3 aromatic rings. The highest BCUT2D eigenvalue weighted by Gasteiger charge is 2.06. The molecule has 0 aliphatic carbocycles. The zero-order chi connectivity index (χ0) is 13.2. The molecule has 0 saturated heterocycles. The Morgan fingerprint density at radius 1 is 1.21 bits per heavy atom. The Morgan fingerprint density at radius 3 is 2.89 bits per heavy atom. The minimum Gasteiger partial charge on any atom is -0.497 e. The van der Waals surface area contributed by atoms with Crippen LogP contribution in [0.15, 0.2) is 53.5 Å². The lowest BCUT2D eigenvalue weighted by atomic mass is 10.2. The first-order chi connectivity index (χ1) is 9.28. The maximum Gasteiger partial charge on any atom is 0.350 e. The number of aromatic nitrogens is 3. The number of fused-ring (bicyclic) bond motifs is 1. The maximum absolute atomic E-state index is 12.1. The van der Waals surface area contributed by atoms with Gasteiger partial charge in [-0.1, -0.05) is 18.2 Å². The van der Waals surface area contributed by atoms with E-state index in [1.54, 1.807) is 13.3 Å². The van der Waals surface area contributed by atoms with Gasteiger partial charge in [0.25, 0.3) is 0 Å². The molecule has 0 unspecified atom stereocenters. The fourth-order valence-corrected chi connectivity index (χ4v) is 2.01. The normalized spacial score (nSPS) is 10.8. The number of nitrogens with zero attached hydrogens (tertiary/aromatic N) is 3. The van der Waals surface area contributed by atoms with Crippen LogP contribution in [0.5, 0.6) is 5.75 Å². The Bertz CT molecular complexity index is 773. The minimum atomic E-state index is -0.140. The van der Waals surface area contributed by atoms with Crippen LogP contribution >= 0.6 is 0 Å². The van der Waals surface area contributed by atoms with Gasteiger partial charge in [0, 0.05) is 6.20 Å². The van der Waals surface area contributed by atoms with Crippen LogP contribution in [0.4, 0.5) is 0 Å². The van der Waals surface area contributed by atoms with Gasteiger partial charge in [-0.2, -0.15) is 0 Å². The average Bonchev–Trinajstić information content (AvgIpc) is 2.76. The van der Waals surface area contributed by atoms with E-state index in [0.29, 0.717) is 12.2 Å². The highest BCUT2D eigenvalue weighted by atomic mass is 16.5. The van der Waals surface area contributed by atoms with Crippen molar-refractivity contribution in [3.63, 3.8) is 0 Å². The molecular formula is C14H13N3O2. The van der Waals surface area contributed by atoms with E-state index in [0.717, 1.165) is 11.3 Å². The van der Waals surface area contributed by atoms with Crippen LogP contribution in [-0.2, 0) is 6.54 Å². The van der Waals surface area contributed by atoms with Crippen LogP contribution in [0.3, 0.4) is 0 Å². The molecule has 3 rings (SSSR count). The lowest BCUT2D eigenvalue weighted by molar-refractivity contribution is 0.414. The molecule has 0 atom stereocenters. The van der Waals surface area contributed by atoms with E-state index >= 15 is 0 Å². The van der Waals surface area contributed by atoms with Crippen molar-refractivity contribution in [2.75, 3.05) is 7.11 Å². The zero-order valence-electron chi connectivity index (χ0n) is 10.5. The van der Waals surface area contributed by atoms with Gasteiger partial charge < -0.3 is 4.74 Å². The summed E-state index contributed by atoms with van der Waals surface area (Å²) < 4.78 is 8.15. The zero-order valence-corrected chi connectivity index (χ0v) is 10.5. The fraction of sp³-hybridized carbons (Fsp3) is 0.143. The van der Waals surface area contributed by atoms with E-state index in [1.165, 1.54) is 9.08 Å². The van der Waals surface area contributed by atoms with Gasteiger partial charge in [-0.15, -0.1) is 5.10 Å². The first-order valence-electron chi connectivity index (χ1n) is 5.95. The first kappa shape index (κ1) is 11.5. The number of hydrogen-bond acceptors (Lipinski definition) is 3. The van der Waals surface area contributed by atoms with Crippen LogP contribution in [0.2, 0.25) is 0 Å². The van der Waals surface area contributed by atoms with Gasteiger partial charge in [0.05, 0.1) is 13.7 Å². The van der Waals surface area contributed by atoms with E-state index in [2.05, 4.69) is 5.10 Å². The van der Waals surface area contributed by atoms with Crippen LogP contribution in [-0.4, -0.2) is 21.3 Å². The third kappa shape index (κ3) is 2.10. The summed E-state index contributed by atoms with van der Waals surface area (Å²) in [5.74, 6) is 0.773. The molecule has 19 heavy (non-hydrogen) atoms. The Labute approximate surface area is 109 Å². The largest absolute Gasteiger partial charge is 0.497 e. The van der Waals surface area contributed by atoms with Crippen molar-refractivity contribution in [3.8, 4) is 5.75 Å². The Hall–Kier alpha value is -2.56. The number of hydrogen-bond donors (Lipinski definition) is 0. The summed E-state index contributed by atoms with van der Waals surface area (Å²) in [6, 6.07) is 13.1. The van der Waals surface area contributed by atoms with E-state index < -0.39 is 0 Å². The smallest absolute Gasteiger partial charge is 0.350 e. The second-order valence-electron chi connectivity index (χ2n) is 4.22. The average molecular weight is 255 g/mol. The second kappa shape index (κ2) is 4.61. The molecule has 1 aromatic carbocycles. The number of benzene rings is 1. The van der Waals surface area contributed by atoms with Gasteiger partial charge in [-0.05, 0) is 29.8 Å². The number of rotatable bonds is 3. The summed E-state index contributed by atoms with van der Waals surface area (Å²) in [6.07, 6.45) is 1.72. The molecule has 0 fully saturated rings. The van der Waals surface area contributed by atoms with Gasteiger partial charge in [0.2, 0.25) is 0 Å². The monoisotopic (exact) mass is 255 g/mol. The van der Waals surface area contributed by atoms with Crippen LogP contribution in [0.25, 0.3) is 5.65 Å². The highest BCUT2D eigenvalue weighted by Crippen LogP contribution is 2.13. The molecule has 96 valence electrons. The summed E-state index contributed by atoms with van der Waals surface area (Å²) in [5, 5.41) is 4.29. The standard InChI is InChI=1S/C14H13N3O2/c1-19-12-6-4-5-11(9-12)10-17-14(18)16-8-3-2-7-13(16)15-17/h2-9H,10H2,1H3. The van der Waals surface area contributed by atoms with Crippen molar-refractivity contribution < 1.29 is 4.74 Å². The van der Waals surface area contributed by atoms with Crippen LogP contribution in [0, 0.1) is 0 Å². The van der Waals surface area contributed by atoms with Crippen molar-refractivity contribution >= 4 is 5.65 Å². The van der Waals surface area contributed by atoms with E-state index in [4.69, 9.17) is 4.74 Å². The molecule has 0 aliphatic heterocycles.